The molecule has 1 rings (SSSR count). The number of esters is 1. The van der Waals surface area contributed by atoms with Crippen LogP contribution in [0.4, 0.5) is 0 Å². The van der Waals surface area contributed by atoms with Crippen molar-refractivity contribution in [3.05, 3.63) is 0 Å². The van der Waals surface area contributed by atoms with Gasteiger partial charge >= 0.3 is 5.97 Å². The summed E-state index contributed by atoms with van der Waals surface area (Å²) in [5.74, 6) is 0.304. The van der Waals surface area contributed by atoms with Crippen LogP contribution in [-0.4, -0.2) is 36.4 Å². The van der Waals surface area contributed by atoms with Crippen LogP contribution in [0.25, 0.3) is 0 Å². The molecule has 0 aromatic carbocycles. The fourth-order valence-corrected chi connectivity index (χ4v) is 2.70. The van der Waals surface area contributed by atoms with Gasteiger partial charge in [0, 0.05) is 18.2 Å². The average molecular weight is 337 g/mol. The van der Waals surface area contributed by atoms with Gasteiger partial charge in [0.05, 0.1) is 12.7 Å². The molecule has 0 aromatic rings. The fourth-order valence-electron chi connectivity index (χ4n) is 2.47. The average Bonchev–Trinajstić information content (AvgIpc) is 2.37. The minimum Gasteiger partial charge on any atom is -0.457 e. The quantitative estimate of drug-likeness (QED) is 0.424. The summed E-state index contributed by atoms with van der Waals surface area (Å²) in [4.78, 5) is 11.2. The molecule has 0 aromatic heterocycles. The Hall–Kier alpha value is -0.130. The summed E-state index contributed by atoms with van der Waals surface area (Å²) < 4.78 is 17.1. The second-order valence-corrected chi connectivity index (χ2v) is 5.95. The number of ether oxygens (including phenoxy) is 3. The van der Waals surface area contributed by atoms with Crippen molar-refractivity contribution in [1.29, 1.82) is 0 Å². The molecule has 5 atom stereocenters. The predicted octanol–water partition coefficient (Wildman–Crippen LogP) is 3.13. The summed E-state index contributed by atoms with van der Waals surface area (Å²) in [6.07, 6.45) is 1.25. The van der Waals surface area contributed by atoms with Crippen LogP contribution in [0.5, 0.6) is 0 Å². The number of carbonyl (C=O) groups is 1. The Balaban J connectivity index is 2.71. The van der Waals surface area contributed by atoms with Crippen molar-refractivity contribution < 1.29 is 19.0 Å². The zero-order valence-corrected chi connectivity index (χ0v) is 13.8. The second-order valence-electron chi connectivity index (χ2n) is 5.16. The largest absolute Gasteiger partial charge is 0.457 e. The number of hydrogen-bond donors (Lipinski definition) is 0. The summed E-state index contributed by atoms with van der Waals surface area (Å²) in [6.45, 7) is 8.38. The zero-order chi connectivity index (χ0) is 14.4. The first-order valence-corrected chi connectivity index (χ1v) is 8.13. The third-order valence-corrected chi connectivity index (χ3v) is 4.34. The van der Waals surface area contributed by atoms with E-state index in [1.165, 1.54) is 6.92 Å². The van der Waals surface area contributed by atoms with Crippen LogP contribution < -0.4 is 0 Å². The Morgan fingerprint density at radius 1 is 1.32 bits per heavy atom. The monoisotopic (exact) mass is 336 g/mol. The highest BCUT2D eigenvalue weighted by atomic mass is 79.9. The number of hydrogen-bond acceptors (Lipinski definition) is 4. The van der Waals surface area contributed by atoms with E-state index in [9.17, 15) is 4.79 Å². The standard InChI is InChI=1S/C14H25BrO4/c1-5-12-9(2)10(3)13(18-11(4)16)14(19-12)17-8-6-7-15/h9-10,12-14H,5-8H2,1-4H3/t9-,10-,12?,13?,14-/m0/s1. The van der Waals surface area contributed by atoms with Gasteiger partial charge in [-0.15, -0.1) is 0 Å². The van der Waals surface area contributed by atoms with Gasteiger partial charge in [-0.1, -0.05) is 36.7 Å². The number of alkyl halides is 1. The predicted molar refractivity (Wildman–Crippen MR) is 77.2 cm³/mol. The van der Waals surface area contributed by atoms with E-state index in [0.29, 0.717) is 12.5 Å². The summed E-state index contributed by atoms with van der Waals surface area (Å²) in [6, 6.07) is 0. The Labute approximate surface area is 124 Å². The maximum Gasteiger partial charge on any atom is 0.303 e. The van der Waals surface area contributed by atoms with Gasteiger partial charge in [0.1, 0.15) is 0 Å². The SMILES string of the molecule is CCC1O[C@H](OCCCBr)C(OC(C)=O)[C@@H](C)[C@@H]1C. The molecule has 0 N–H and O–H groups in total. The molecule has 4 nitrogen and oxygen atoms in total. The van der Waals surface area contributed by atoms with Crippen LogP contribution in [0.2, 0.25) is 0 Å². The maximum atomic E-state index is 11.2. The van der Waals surface area contributed by atoms with Crippen molar-refractivity contribution >= 4 is 21.9 Å². The Bertz CT molecular complexity index is 285. The highest BCUT2D eigenvalue weighted by Crippen LogP contribution is 2.34. The molecular weight excluding hydrogens is 312 g/mol. The van der Waals surface area contributed by atoms with Crippen molar-refractivity contribution in [3.63, 3.8) is 0 Å². The molecule has 1 heterocycles. The second kappa shape index (κ2) is 8.22. The first-order valence-electron chi connectivity index (χ1n) is 7.01. The van der Waals surface area contributed by atoms with Crippen LogP contribution in [0, 0.1) is 11.8 Å². The van der Waals surface area contributed by atoms with Gasteiger partial charge < -0.3 is 14.2 Å². The maximum absolute atomic E-state index is 11.2. The molecule has 0 spiro atoms. The normalized spacial score (nSPS) is 35.1. The lowest BCUT2D eigenvalue weighted by atomic mass is 9.82. The highest BCUT2D eigenvalue weighted by Gasteiger charge is 2.43. The molecule has 0 bridgehead atoms. The van der Waals surface area contributed by atoms with Crippen molar-refractivity contribution in [2.75, 3.05) is 11.9 Å². The first-order chi connectivity index (χ1) is 9.01. The molecule has 1 aliphatic rings. The van der Waals surface area contributed by atoms with Crippen molar-refractivity contribution in [1.82, 2.24) is 0 Å². The molecule has 5 heteroatoms. The van der Waals surface area contributed by atoms with E-state index >= 15 is 0 Å². The van der Waals surface area contributed by atoms with Crippen LogP contribution in [0.1, 0.15) is 40.5 Å². The van der Waals surface area contributed by atoms with Crippen molar-refractivity contribution in [3.8, 4) is 0 Å². The Morgan fingerprint density at radius 2 is 2.00 bits per heavy atom. The molecule has 1 aliphatic heterocycles. The molecule has 0 radical (unpaired) electrons. The molecule has 19 heavy (non-hydrogen) atoms. The van der Waals surface area contributed by atoms with Gasteiger partial charge in [0.25, 0.3) is 0 Å². The van der Waals surface area contributed by atoms with Crippen molar-refractivity contribution in [2.24, 2.45) is 11.8 Å². The highest BCUT2D eigenvalue weighted by molar-refractivity contribution is 9.09. The third-order valence-electron chi connectivity index (χ3n) is 3.78. The van der Waals surface area contributed by atoms with Crippen molar-refractivity contribution in [2.45, 2.75) is 59.0 Å². The topological polar surface area (TPSA) is 44.8 Å². The summed E-state index contributed by atoms with van der Waals surface area (Å²) in [5, 5.41) is 0.890. The first kappa shape index (κ1) is 16.9. The molecule has 0 saturated carbocycles. The Kier molecular flexibility index (Phi) is 7.32. The van der Waals surface area contributed by atoms with Gasteiger partial charge in [0.2, 0.25) is 0 Å². The molecule has 0 amide bonds. The van der Waals surface area contributed by atoms with Crippen LogP contribution >= 0.6 is 15.9 Å². The van der Waals surface area contributed by atoms with E-state index in [1.54, 1.807) is 0 Å². The van der Waals surface area contributed by atoms with E-state index in [0.717, 1.165) is 18.2 Å². The lowest BCUT2D eigenvalue weighted by molar-refractivity contribution is -0.274. The summed E-state index contributed by atoms with van der Waals surface area (Å²) >= 11 is 3.37. The molecule has 1 fully saturated rings. The molecular formula is C14H25BrO4. The van der Waals surface area contributed by atoms with E-state index in [-0.39, 0.29) is 24.1 Å². The number of halogens is 1. The van der Waals surface area contributed by atoms with Gasteiger partial charge in [-0.3, -0.25) is 4.79 Å². The fraction of sp³-hybridized carbons (Fsp3) is 0.929. The van der Waals surface area contributed by atoms with Gasteiger partial charge in [-0.05, 0) is 18.8 Å². The molecule has 112 valence electrons. The number of carbonyl (C=O) groups excluding carboxylic acids is 1. The van der Waals surface area contributed by atoms with Crippen LogP contribution in [-0.2, 0) is 19.0 Å². The van der Waals surface area contributed by atoms with E-state index in [2.05, 4.69) is 36.7 Å². The van der Waals surface area contributed by atoms with Crippen LogP contribution in [0.15, 0.2) is 0 Å². The summed E-state index contributed by atoms with van der Waals surface area (Å²) in [7, 11) is 0. The minimum atomic E-state index is -0.445. The van der Waals surface area contributed by atoms with Gasteiger partial charge in [-0.25, -0.2) is 0 Å². The smallest absolute Gasteiger partial charge is 0.303 e. The molecule has 0 aliphatic carbocycles. The number of rotatable bonds is 6. The van der Waals surface area contributed by atoms with E-state index in [4.69, 9.17) is 14.2 Å². The van der Waals surface area contributed by atoms with Gasteiger partial charge in [0.15, 0.2) is 12.4 Å². The Morgan fingerprint density at radius 3 is 2.53 bits per heavy atom. The molecule has 2 unspecified atom stereocenters. The van der Waals surface area contributed by atoms with Crippen LogP contribution in [0.3, 0.4) is 0 Å². The van der Waals surface area contributed by atoms with E-state index < -0.39 is 6.29 Å². The third kappa shape index (κ3) is 4.72. The van der Waals surface area contributed by atoms with Gasteiger partial charge in [-0.2, -0.15) is 0 Å². The summed E-state index contributed by atoms with van der Waals surface area (Å²) in [5.41, 5.74) is 0. The zero-order valence-electron chi connectivity index (χ0n) is 12.2. The van der Waals surface area contributed by atoms with E-state index in [1.807, 2.05) is 0 Å². The molecule has 1 saturated heterocycles. The lowest BCUT2D eigenvalue weighted by Gasteiger charge is -2.43. The minimum absolute atomic E-state index is 0.163. The lowest BCUT2D eigenvalue weighted by Crippen LogP contribution is -2.51.